The number of aromatic nitrogens is 1. The molecular formula is C14H13NO. The van der Waals surface area contributed by atoms with E-state index in [1.54, 1.807) is 6.20 Å². The summed E-state index contributed by atoms with van der Waals surface area (Å²) in [5, 5.41) is 10.2. The molecule has 1 N–H and O–H groups in total. The summed E-state index contributed by atoms with van der Waals surface area (Å²) in [6, 6.07) is 21.5. The summed E-state index contributed by atoms with van der Waals surface area (Å²) in [7, 11) is 0. The standard InChI is InChI=1S/C8H7NO.C6H6/c10-9-6-5-7-3-1-2-4-8(7)9;1-2-4-6-5-3-1/h1-6,10H;1-6H. The second kappa shape index (κ2) is 5.03. The molecule has 2 aromatic carbocycles. The van der Waals surface area contributed by atoms with E-state index in [2.05, 4.69) is 0 Å². The van der Waals surface area contributed by atoms with Crippen molar-refractivity contribution in [2.75, 3.05) is 0 Å². The van der Waals surface area contributed by atoms with Gasteiger partial charge in [-0.2, -0.15) is 4.73 Å². The molecule has 0 bridgehead atoms. The summed E-state index contributed by atoms with van der Waals surface area (Å²) in [6.07, 6.45) is 1.63. The van der Waals surface area contributed by atoms with Crippen LogP contribution < -0.4 is 0 Å². The number of fused-ring (bicyclic) bond motifs is 1. The average Bonchev–Trinajstić information content (AvgIpc) is 2.75. The maximum Gasteiger partial charge on any atom is 0.0865 e. The van der Waals surface area contributed by atoms with Crippen molar-refractivity contribution >= 4 is 10.9 Å². The Bertz CT molecular complexity index is 516. The Morgan fingerprint density at radius 3 is 1.81 bits per heavy atom. The van der Waals surface area contributed by atoms with Gasteiger partial charge in [-0.15, -0.1) is 0 Å². The van der Waals surface area contributed by atoms with Crippen LogP contribution >= 0.6 is 0 Å². The third-order valence-corrected chi connectivity index (χ3v) is 2.25. The SMILES string of the molecule is On1ccc2ccccc21.c1ccccc1. The van der Waals surface area contributed by atoms with Gasteiger partial charge in [0.25, 0.3) is 0 Å². The predicted octanol–water partition coefficient (Wildman–Crippen LogP) is 3.57. The fourth-order valence-corrected chi connectivity index (χ4v) is 1.45. The highest BCUT2D eigenvalue weighted by atomic mass is 16.5. The Morgan fingerprint density at radius 1 is 0.688 bits per heavy atom. The smallest absolute Gasteiger partial charge is 0.0865 e. The molecule has 1 heterocycles. The van der Waals surface area contributed by atoms with E-state index in [-0.39, 0.29) is 0 Å². The minimum absolute atomic E-state index is 0.850. The minimum atomic E-state index is 0.850. The monoisotopic (exact) mass is 211 g/mol. The van der Waals surface area contributed by atoms with Gasteiger partial charge in [0.15, 0.2) is 0 Å². The van der Waals surface area contributed by atoms with Gasteiger partial charge in [0, 0.05) is 11.6 Å². The molecule has 0 spiro atoms. The molecule has 3 aromatic rings. The minimum Gasteiger partial charge on any atom is -0.428 e. The van der Waals surface area contributed by atoms with Crippen molar-refractivity contribution in [2.24, 2.45) is 0 Å². The molecule has 0 unspecified atom stereocenters. The van der Waals surface area contributed by atoms with Gasteiger partial charge in [-0.3, -0.25) is 0 Å². The Kier molecular flexibility index (Phi) is 3.24. The molecule has 0 radical (unpaired) electrons. The Labute approximate surface area is 94.3 Å². The Balaban J connectivity index is 0.000000138. The van der Waals surface area contributed by atoms with Crippen molar-refractivity contribution in [1.82, 2.24) is 4.73 Å². The summed E-state index contributed by atoms with van der Waals surface area (Å²) in [5.41, 5.74) is 0.850. The average molecular weight is 211 g/mol. The van der Waals surface area contributed by atoms with Crippen LogP contribution in [0.1, 0.15) is 0 Å². The Morgan fingerprint density at radius 2 is 1.25 bits per heavy atom. The van der Waals surface area contributed by atoms with Crippen molar-refractivity contribution < 1.29 is 5.21 Å². The van der Waals surface area contributed by atoms with Gasteiger partial charge in [0.1, 0.15) is 0 Å². The van der Waals surface area contributed by atoms with Crippen molar-refractivity contribution in [3.63, 3.8) is 0 Å². The molecule has 0 saturated carbocycles. The van der Waals surface area contributed by atoms with E-state index in [0.717, 1.165) is 15.6 Å². The lowest BCUT2D eigenvalue weighted by Crippen LogP contribution is -1.83. The van der Waals surface area contributed by atoms with Crippen molar-refractivity contribution in [3.8, 4) is 0 Å². The van der Waals surface area contributed by atoms with Crippen LogP contribution in [0.4, 0.5) is 0 Å². The topological polar surface area (TPSA) is 25.2 Å². The molecule has 0 aliphatic rings. The third kappa shape index (κ3) is 2.42. The molecule has 0 aliphatic heterocycles. The lowest BCUT2D eigenvalue weighted by Gasteiger charge is -1.91. The van der Waals surface area contributed by atoms with Gasteiger partial charge >= 0.3 is 0 Å². The molecule has 3 rings (SSSR count). The molecule has 0 amide bonds. The largest absolute Gasteiger partial charge is 0.428 e. The summed E-state index contributed by atoms with van der Waals surface area (Å²) >= 11 is 0. The van der Waals surface area contributed by atoms with E-state index < -0.39 is 0 Å². The Hall–Kier alpha value is -2.22. The zero-order valence-corrected chi connectivity index (χ0v) is 8.82. The van der Waals surface area contributed by atoms with Crippen LogP contribution in [-0.4, -0.2) is 9.94 Å². The molecule has 1 aromatic heterocycles. The van der Waals surface area contributed by atoms with E-state index in [1.165, 1.54) is 0 Å². The van der Waals surface area contributed by atoms with Crippen LogP contribution in [0.2, 0.25) is 0 Å². The third-order valence-electron chi connectivity index (χ3n) is 2.25. The summed E-state index contributed by atoms with van der Waals surface area (Å²) in [6.45, 7) is 0. The number of benzene rings is 2. The van der Waals surface area contributed by atoms with Gasteiger partial charge in [-0.25, -0.2) is 0 Å². The highest BCUT2D eigenvalue weighted by Crippen LogP contribution is 2.12. The fourth-order valence-electron chi connectivity index (χ4n) is 1.45. The van der Waals surface area contributed by atoms with Crippen LogP contribution in [0, 0.1) is 0 Å². The van der Waals surface area contributed by atoms with Crippen molar-refractivity contribution in [1.29, 1.82) is 0 Å². The second-order valence-electron chi connectivity index (χ2n) is 3.37. The quantitative estimate of drug-likeness (QED) is 0.565. The van der Waals surface area contributed by atoms with Crippen LogP contribution in [0.5, 0.6) is 0 Å². The van der Waals surface area contributed by atoms with E-state index in [1.807, 2.05) is 66.7 Å². The molecule has 2 nitrogen and oxygen atoms in total. The van der Waals surface area contributed by atoms with Crippen molar-refractivity contribution in [2.45, 2.75) is 0 Å². The summed E-state index contributed by atoms with van der Waals surface area (Å²) < 4.78 is 1.12. The van der Waals surface area contributed by atoms with Crippen LogP contribution in [0.25, 0.3) is 10.9 Å². The zero-order chi connectivity index (χ0) is 11.2. The maximum atomic E-state index is 9.13. The lowest BCUT2D eigenvalue weighted by atomic mass is 10.3. The molecule has 0 atom stereocenters. The van der Waals surface area contributed by atoms with Gasteiger partial charge in [0.05, 0.1) is 5.52 Å². The van der Waals surface area contributed by atoms with Crippen LogP contribution in [0.3, 0.4) is 0 Å². The molecule has 2 heteroatoms. The van der Waals surface area contributed by atoms with Gasteiger partial charge < -0.3 is 5.21 Å². The van der Waals surface area contributed by atoms with Gasteiger partial charge in [-0.1, -0.05) is 54.6 Å². The fraction of sp³-hybridized carbons (Fsp3) is 0. The van der Waals surface area contributed by atoms with Gasteiger partial charge in [-0.05, 0) is 12.1 Å². The first-order chi connectivity index (χ1) is 7.88. The second-order valence-corrected chi connectivity index (χ2v) is 3.37. The lowest BCUT2D eigenvalue weighted by molar-refractivity contribution is 0.200. The molecular weight excluding hydrogens is 198 g/mol. The molecule has 16 heavy (non-hydrogen) atoms. The van der Waals surface area contributed by atoms with Crippen LogP contribution in [-0.2, 0) is 0 Å². The van der Waals surface area contributed by atoms with E-state index in [4.69, 9.17) is 5.21 Å². The van der Waals surface area contributed by atoms with E-state index in [0.29, 0.717) is 0 Å². The molecule has 0 saturated heterocycles. The maximum absolute atomic E-state index is 9.13. The highest BCUT2D eigenvalue weighted by Gasteiger charge is 1.94. The first-order valence-corrected chi connectivity index (χ1v) is 5.13. The number of hydrogen-bond donors (Lipinski definition) is 1. The number of para-hydroxylation sites is 1. The molecule has 0 aliphatic carbocycles. The van der Waals surface area contributed by atoms with Crippen LogP contribution in [0.15, 0.2) is 72.9 Å². The first-order valence-electron chi connectivity index (χ1n) is 5.13. The van der Waals surface area contributed by atoms with E-state index in [9.17, 15) is 0 Å². The normalized spacial score (nSPS) is 9.50. The zero-order valence-electron chi connectivity index (χ0n) is 8.82. The summed E-state index contributed by atoms with van der Waals surface area (Å²) in [5.74, 6) is 0. The number of nitrogens with zero attached hydrogens (tertiary/aromatic N) is 1. The molecule has 80 valence electrons. The van der Waals surface area contributed by atoms with Gasteiger partial charge in [0.2, 0.25) is 0 Å². The molecule has 0 fully saturated rings. The number of rotatable bonds is 0. The van der Waals surface area contributed by atoms with Crippen molar-refractivity contribution in [3.05, 3.63) is 72.9 Å². The first kappa shape index (κ1) is 10.3. The summed E-state index contributed by atoms with van der Waals surface area (Å²) in [4.78, 5) is 0. The highest BCUT2D eigenvalue weighted by molar-refractivity contribution is 5.79. The number of hydrogen-bond acceptors (Lipinski definition) is 1. The predicted molar refractivity (Wildman–Crippen MR) is 65.6 cm³/mol. The van der Waals surface area contributed by atoms with E-state index >= 15 is 0 Å².